The molecule has 1 aromatic rings. The predicted octanol–water partition coefficient (Wildman–Crippen LogP) is 4.54. The quantitative estimate of drug-likeness (QED) is 0.750. The molecule has 0 heterocycles. The molecule has 0 bridgehead atoms. The zero-order valence-corrected chi connectivity index (χ0v) is 15.5. The summed E-state index contributed by atoms with van der Waals surface area (Å²) in [6.07, 6.45) is 2.34. The first-order valence-electron chi connectivity index (χ1n) is 8.45. The van der Waals surface area contributed by atoms with Crippen molar-refractivity contribution in [2.24, 2.45) is 5.41 Å². The molecule has 0 radical (unpaired) electrons. The lowest BCUT2D eigenvalue weighted by Gasteiger charge is -2.33. The number of hydrogen-bond donors (Lipinski definition) is 1. The van der Waals surface area contributed by atoms with Crippen LogP contribution in [-0.4, -0.2) is 17.2 Å². The van der Waals surface area contributed by atoms with Crippen LogP contribution in [0.4, 0.5) is 0 Å². The van der Waals surface area contributed by atoms with Gasteiger partial charge in [-0.05, 0) is 37.7 Å². The Kier molecular flexibility index (Phi) is 6.55. The molecule has 3 heteroatoms. The highest BCUT2D eigenvalue weighted by molar-refractivity contribution is 5.98. The SMILES string of the molecule is CCc1ccc(C(=O)CCC(=O)NC(C)(C)CC(C)(C)C)cc1. The molecule has 0 aliphatic carbocycles. The van der Waals surface area contributed by atoms with E-state index in [4.69, 9.17) is 0 Å². The number of rotatable bonds is 7. The van der Waals surface area contributed by atoms with E-state index in [2.05, 4.69) is 33.0 Å². The Morgan fingerprint density at radius 1 is 0.957 bits per heavy atom. The lowest BCUT2D eigenvalue weighted by molar-refractivity contribution is -0.122. The minimum absolute atomic E-state index is 0.0245. The van der Waals surface area contributed by atoms with Crippen molar-refractivity contribution in [3.8, 4) is 0 Å². The summed E-state index contributed by atoms with van der Waals surface area (Å²) in [6.45, 7) is 12.6. The van der Waals surface area contributed by atoms with Crippen molar-refractivity contribution >= 4 is 11.7 Å². The van der Waals surface area contributed by atoms with Gasteiger partial charge in [-0.3, -0.25) is 9.59 Å². The molecule has 1 aromatic carbocycles. The van der Waals surface area contributed by atoms with Gasteiger partial charge in [0.1, 0.15) is 0 Å². The first-order valence-corrected chi connectivity index (χ1v) is 8.45. The van der Waals surface area contributed by atoms with Crippen LogP contribution >= 0.6 is 0 Å². The second kappa shape index (κ2) is 7.76. The number of nitrogens with one attached hydrogen (secondary N) is 1. The molecule has 0 unspecified atom stereocenters. The van der Waals surface area contributed by atoms with Gasteiger partial charge in [0.05, 0.1) is 0 Å². The second-order valence-corrected chi connectivity index (χ2v) is 8.14. The third-order valence-corrected chi connectivity index (χ3v) is 3.71. The Bertz CT molecular complexity index is 536. The summed E-state index contributed by atoms with van der Waals surface area (Å²) in [5, 5.41) is 3.05. The number of Topliss-reactive ketones (excluding diaryl/α,β-unsaturated/α-hetero) is 1. The third-order valence-electron chi connectivity index (χ3n) is 3.71. The molecule has 0 saturated carbocycles. The van der Waals surface area contributed by atoms with Crippen molar-refractivity contribution < 1.29 is 9.59 Å². The van der Waals surface area contributed by atoms with Gasteiger partial charge in [-0.15, -0.1) is 0 Å². The summed E-state index contributed by atoms with van der Waals surface area (Å²) in [6, 6.07) is 7.64. The Morgan fingerprint density at radius 3 is 2.00 bits per heavy atom. The van der Waals surface area contributed by atoms with E-state index in [1.54, 1.807) is 0 Å². The standard InChI is InChI=1S/C20H31NO2/c1-7-15-8-10-16(11-9-15)17(22)12-13-18(23)21-20(5,6)14-19(2,3)4/h8-11H,7,12-14H2,1-6H3,(H,21,23). The molecule has 0 saturated heterocycles. The lowest BCUT2D eigenvalue weighted by Crippen LogP contribution is -2.45. The minimum atomic E-state index is -0.263. The number of amides is 1. The largest absolute Gasteiger partial charge is 0.351 e. The molecule has 128 valence electrons. The maximum absolute atomic E-state index is 12.2. The Hall–Kier alpha value is -1.64. The first-order chi connectivity index (χ1) is 10.5. The van der Waals surface area contributed by atoms with Gasteiger partial charge in [-0.25, -0.2) is 0 Å². The highest BCUT2D eigenvalue weighted by atomic mass is 16.2. The molecule has 23 heavy (non-hydrogen) atoms. The molecular weight excluding hydrogens is 286 g/mol. The summed E-state index contributed by atoms with van der Waals surface area (Å²) >= 11 is 0. The van der Waals surface area contributed by atoms with E-state index in [9.17, 15) is 9.59 Å². The average Bonchev–Trinajstić information content (AvgIpc) is 2.41. The van der Waals surface area contributed by atoms with Crippen LogP contribution in [0.3, 0.4) is 0 Å². The van der Waals surface area contributed by atoms with Crippen molar-refractivity contribution in [1.29, 1.82) is 0 Å². The van der Waals surface area contributed by atoms with E-state index in [0.717, 1.165) is 12.8 Å². The van der Waals surface area contributed by atoms with E-state index in [-0.39, 0.29) is 35.5 Å². The molecular formula is C20H31NO2. The lowest BCUT2D eigenvalue weighted by atomic mass is 9.81. The van der Waals surface area contributed by atoms with Crippen molar-refractivity contribution in [3.05, 3.63) is 35.4 Å². The van der Waals surface area contributed by atoms with Crippen LogP contribution in [0.1, 0.15) is 76.7 Å². The Labute approximate surface area is 140 Å². The highest BCUT2D eigenvalue weighted by Crippen LogP contribution is 2.26. The molecule has 0 aromatic heterocycles. The van der Waals surface area contributed by atoms with Crippen LogP contribution in [0, 0.1) is 5.41 Å². The van der Waals surface area contributed by atoms with E-state index in [1.807, 2.05) is 38.1 Å². The van der Waals surface area contributed by atoms with Gasteiger partial charge in [0.2, 0.25) is 5.91 Å². The van der Waals surface area contributed by atoms with Gasteiger partial charge in [0.25, 0.3) is 0 Å². The van der Waals surface area contributed by atoms with Gasteiger partial charge in [0, 0.05) is 23.9 Å². The van der Waals surface area contributed by atoms with E-state index in [1.165, 1.54) is 5.56 Å². The van der Waals surface area contributed by atoms with Crippen LogP contribution in [0.15, 0.2) is 24.3 Å². The highest BCUT2D eigenvalue weighted by Gasteiger charge is 2.26. The van der Waals surface area contributed by atoms with Crippen LogP contribution in [0.25, 0.3) is 0 Å². The van der Waals surface area contributed by atoms with Crippen LogP contribution in [0.5, 0.6) is 0 Å². The van der Waals surface area contributed by atoms with E-state index >= 15 is 0 Å². The van der Waals surface area contributed by atoms with Crippen LogP contribution in [0.2, 0.25) is 0 Å². The normalized spacial score (nSPS) is 12.1. The molecule has 0 fully saturated rings. The van der Waals surface area contributed by atoms with Crippen LogP contribution in [-0.2, 0) is 11.2 Å². The monoisotopic (exact) mass is 317 g/mol. The summed E-state index contributed by atoms with van der Waals surface area (Å²) in [5.74, 6) is -0.0331. The molecule has 0 aliphatic rings. The predicted molar refractivity (Wildman–Crippen MR) is 95.7 cm³/mol. The van der Waals surface area contributed by atoms with Gasteiger partial charge in [0.15, 0.2) is 5.78 Å². The molecule has 1 N–H and O–H groups in total. The van der Waals surface area contributed by atoms with E-state index < -0.39 is 0 Å². The fraction of sp³-hybridized carbons (Fsp3) is 0.600. The number of hydrogen-bond acceptors (Lipinski definition) is 2. The topological polar surface area (TPSA) is 46.2 Å². The van der Waals surface area contributed by atoms with Gasteiger partial charge >= 0.3 is 0 Å². The number of carbonyl (C=O) groups is 2. The van der Waals surface area contributed by atoms with Crippen LogP contribution < -0.4 is 5.32 Å². The summed E-state index contributed by atoms with van der Waals surface area (Å²) < 4.78 is 0. The maximum Gasteiger partial charge on any atom is 0.220 e. The smallest absolute Gasteiger partial charge is 0.220 e. The average molecular weight is 317 g/mol. The summed E-state index contributed by atoms with van der Waals surface area (Å²) in [7, 11) is 0. The summed E-state index contributed by atoms with van der Waals surface area (Å²) in [4.78, 5) is 24.3. The minimum Gasteiger partial charge on any atom is -0.351 e. The Morgan fingerprint density at radius 2 is 1.52 bits per heavy atom. The van der Waals surface area contributed by atoms with Crippen molar-refractivity contribution in [2.45, 2.75) is 72.8 Å². The first kappa shape index (κ1) is 19.4. The molecule has 0 aliphatic heterocycles. The van der Waals surface area contributed by atoms with E-state index in [0.29, 0.717) is 5.56 Å². The zero-order valence-electron chi connectivity index (χ0n) is 15.5. The summed E-state index contributed by atoms with van der Waals surface area (Å²) in [5.41, 5.74) is 1.78. The number of ketones is 1. The number of carbonyl (C=O) groups excluding carboxylic acids is 2. The van der Waals surface area contributed by atoms with Crippen molar-refractivity contribution in [2.75, 3.05) is 0 Å². The molecule has 1 rings (SSSR count). The van der Waals surface area contributed by atoms with Gasteiger partial charge in [-0.2, -0.15) is 0 Å². The number of aryl methyl sites for hydroxylation is 1. The van der Waals surface area contributed by atoms with Gasteiger partial charge < -0.3 is 5.32 Å². The maximum atomic E-state index is 12.2. The Balaban J connectivity index is 2.50. The fourth-order valence-corrected chi connectivity index (χ4v) is 3.11. The fourth-order valence-electron chi connectivity index (χ4n) is 3.11. The molecule has 3 nitrogen and oxygen atoms in total. The molecule has 1 amide bonds. The second-order valence-electron chi connectivity index (χ2n) is 8.14. The zero-order chi connectivity index (χ0) is 17.7. The van der Waals surface area contributed by atoms with Gasteiger partial charge in [-0.1, -0.05) is 52.0 Å². The van der Waals surface area contributed by atoms with Crippen molar-refractivity contribution in [1.82, 2.24) is 5.32 Å². The third kappa shape index (κ3) is 7.45. The van der Waals surface area contributed by atoms with Crippen molar-refractivity contribution in [3.63, 3.8) is 0 Å². The molecule has 0 spiro atoms. The molecule has 0 atom stereocenters. The number of benzene rings is 1.